The van der Waals surface area contributed by atoms with Crippen molar-refractivity contribution in [3.8, 4) is 17.2 Å². The zero-order valence-electron chi connectivity index (χ0n) is 30.5. The Morgan fingerprint density at radius 2 is 1.36 bits per heavy atom. The fraction of sp³-hybridized carbons (Fsp3) is 0.0889. The third-order valence-electron chi connectivity index (χ3n) is 8.62. The van der Waals surface area contributed by atoms with Gasteiger partial charge in [-0.05, 0) is 84.1 Å². The minimum absolute atomic E-state index is 0.0477. The number of thiophene rings is 1. The van der Waals surface area contributed by atoms with Crippen LogP contribution in [0.1, 0.15) is 50.1 Å². The number of thioether (sulfide) groups is 1. The highest BCUT2D eigenvalue weighted by Gasteiger charge is 2.25. The molecule has 1 heterocycles. The lowest BCUT2D eigenvalue weighted by molar-refractivity contribution is -0.116. The summed E-state index contributed by atoms with van der Waals surface area (Å²) in [7, 11) is 0. The topological polar surface area (TPSA) is 140 Å². The molecule has 0 aliphatic rings. The van der Waals surface area contributed by atoms with Gasteiger partial charge in [0.25, 0.3) is 17.7 Å². The van der Waals surface area contributed by atoms with Gasteiger partial charge in [0, 0.05) is 21.8 Å². The number of carbonyl (C=O) groups is 4. The van der Waals surface area contributed by atoms with Crippen LogP contribution in [-0.2, 0) is 9.59 Å². The molecule has 9 nitrogen and oxygen atoms in total. The predicted molar refractivity (Wildman–Crippen MR) is 226 cm³/mol. The summed E-state index contributed by atoms with van der Waals surface area (Å²) in [5.74, 6) is -1.66. The van der Waals surface area contributed by atoms with E-state index >= 15 is 0 Å². The molecule has 5 aromatic carbocycles. The summed E-state index contributed by atoms with van der Waals surface area (Å²) < 4.78 is 0. The van der Waals surface area contributed by atoms with Crippen LogP contribution >= 0.6 is 23.1 Å². The van der Waals surface area contributed by atoms with Gasteiger partial charge in [-0.25, -0.2) is 0 Å². The number of amides is 4. The number of para-hydroxylation sites is 1. The molecule has 0 radical (unpaired) electrons. The number of hydrogen-bond acceptors (Lipinski definition) is 7. The van der Waals surface area contributed by atoms with E-state index < -0.39 is 17.1 Å². The molecule has 11 heteroatoms. The second-order valence-corrected chi connectivity index (χ2v) is 14.8. The van der Waals surface area contributed by atoms with Crippen LogP contribution in [0.4, 0.5) is 16.4 Å². The summed E-state index contributed by atoms with van der Waals surface area (Å²) in [6.45, 7) is 3.57. The van der Waals surface area contributed by atoms with E-state index in [4.69, 9.17) is 0 Å². The lowest BCUT2D eigenvalue weighted by Crippen LogP contribution is -2.30. The molecule has 4 N–H and O–H groups in total. The lowest BCUT2D eigenvalue weighted by atomic mass is 10.0. The summed E-state index contributed by atoms with van der Waals surface area (Å²) in [4.78, 5) is 54.7. The van der Waals surface area contributed by atoms with E-state index in [1.807, 2.05) is 91.9 Å². The number of anilines is 3. The van der Waals surface area contributed by atoms with E-state index in [-0.39, 0.29) is 23.1 Å². The van der Waals surface area contributed by atoms with E-state index in [0.29, 0.717) is 49.3 Å². The minimum atomic E-state index is -0.559. The van der Waals surface area contributed by atoms with E-state index in [1.54, 1.807) is 67.6 Å². The van der Waals surface area contributed by atoms with Gasteiger partial charge in [0.2, 0.25) is 5.91 Å². The summed E-state index contributed by atoms with van der Waals surface area (Å²) in [6.07, 6.45) is 2.08. The Balaban J connectivity index is 1.16. The highest BCUT2D eigenvalue weighted by molar-refractivity contribution is 8.00. The highest BCUT2D eigenvalue weighted by Crippen LogP contribution is 2.35. The Labute approximate surface area is 333 Å². The second-order valence-electron chi connectivity index (χ2n) is 12.5. The molecule has 0 aliphatic carbocycles. The maximum Gasteiger partial charge on any atom is 0.272 e. The van der Waals surface area contributed by atoms with Crippen molar-refractivity contribution in [2.24, 2.45) is 0 Å². The monoisotopic (exact) mass is 775 g/mol. The van der Waals surface area contributed by atoms with Crippen LogP contribution in [0, 0.1) is 18.3 Å². The van der Waals surface area contributed by atoms with Crippen molar-refractivity contribution in [2.75, 3.05) is 16.0 Å². The Bertz CT molecular complexity index is 2420. The van der Waals surface area contributed by atoms with Gasteiger partial charge in [-0.15, -0.1) is 23.1 Å². The molecule has 6 rings (SSSR count). The molecular weight excluding hydrogens is 739 g/mol. The van der Waals surface area contributed by atoms with Crippen LogP contribution in [0.25, 0.3) is 17.2 Å². The zero-order valence-corrected chi connectivity index (χ0v) is 32.2. The van der Waals surface area contributed by atoms with Crippen LogP contribution in [0.3, 0.4) is 0 Å². The van der Waals surface area contributed by atoms with Crippen molar-refractivity contribution >= 4 is 69.2 Å². The first-order chi connectivity index (χ1) is 27.2. The smallest absolute Gasteiger partial charge is 0.272 e. The van der Waals surface area contributed by atoms with Gasteiger partial charge in [-0.2, -0.15) is 5.26 Å². The van der Waals surface area contributed by atoms with Crippen molar-refractivity contribution in [3.05, 3.63) is 172 Å². The van der Waals surface area contributed by atoms with Gasteiger partial charge in [-0.3, -0.25) is 19.2 Å². The van der Waals surface area contributed by atoms with Crippen LogP contribution in [0.2, 0.25) is 0 Å². The average Bonchev–Trinajstić information content (AvgIpc) is 3.54. The van der Waals surface area contributed by atoms with Gasteiger partial charge in [-0.1, -0.05) is 104 Å². The Morgan fingerprint density at radius 1 is 0.732 bits per heavy atom. The van der Waals surface area contributed by atoms with Gasteiger partial charge in [0.1, 0.15) is 16.8 Å². The second kappa shape index (κ2) is 18.5. The first-order valence-corrected chi connectivity index (χ1v) is 19.4. The number of rotatable bonds is 13. The van der Waals surface area contributed by atoms with Gasteiger partial charge in [0.05, 0.1) is 15.7 Å². The van der Waals surface area contributed by atoms with Gasteiger partial charge >= 0.3 is 0 Å². The van der Waals surface area contributed by atoms with Crippen molar-refractivity contribution in [2.45, 2.75) is 30.4 Å². The van der Waals surface area contributed by atoms with Crippen LogP contribution < -0.4 is 21.3 Å². The van der Waals surface area contributed by atoms with Gasteiger partial charge in [0.15, 0.2) is 0 Å². The van der Waals surface area contributed by atoms with Crippen molar-refractivity contribution < 1.29 is 19.2 Å². The number of nitrogens with one attached hydrogen (secondary N) is 4. The van der Waals surface area contributed by atoms with Crippen molar-refractivity contribution in [1.82, 2.24) is 5.32 Å². The zero-order chi connectivity index (χ0) is 39.4. The number of hydrogen-bond donors (Lipinski definition) is 4. The summed E-state index contributed by atoms with van der Waals surface area (Å²) in [5.41, 5.74) is 5.05. The van der Waals surface area contributed by atoms with Crippen molar-refractivity contribution in [1.29, 1.82) is 5.26 Å². The molecule has 0 saturated heterocycles. The standard InChI is InChI=1S/C45H37N5O4S2/c1-3-39(43(53)50-45-37(28-46)29(2)40(56-45)44(54)47-34-18-11-6-12-19-34)55-36-21-13-20-35(27-36)48-42(52)38(49-41(51)33-16-9-5-10-17-33)26-30-22-24-32(25-23-30)31-14-7-4-8-15-31/h4-27,39H,3H2,1-2H3,(H,47,54)(H,48,52)(H,49,51)(H,50,53)/b38-26+. The summed E-state index contributed by atoms with van der Waals surface area (Å²) in [5, 5.41) is 21.1. The molecule has 56 heavy (non-hydrogen) atoms. The molecular formula is C45H37N5O4S2. The quantitative estimate of drug-likeness (QED) is 0.0681. The van der Waals surface area contributed by atoms with Crippen LogP contribution in [0.15, 0.2) is 150 Å². The SMILES string of the molecule is CCC(Sc1cccc(NC(=O)/C(=C\c2ccc(-c3ccccc3)cc2)NC(=O)c2ccccc2)c1)C(=O)Nc1sc(C(=O)Nc2ccccc2)c(C)c1C#N. The summed E-state index contributed by atoms with van der Waals surface area (Å²) in [6, 6.07) is 44.5. The molecule has 0 aliphatic heterocycles. The number of carbonyl (C=O) groups excluding carboxylic acids is 4. The number of nitriles is 1. The third kappa shape index (κ3) is 9.86. The molecule has 1 aromatic heterocycles. The summed E-state index contributed by atoms with van der Waals surface area (Å²) >= 11 is 2.36. The largest absolute Gasteiger partial charge is 0.321 e. The van der Waals surface area contributed by atoms with Crippen LogP contribution in [-0.4, -0.2) is 28.9 Å². The Morgan fingerprint density at radius 3 is 2.02 bits per heavy atom. The van der Waals surface area contributed by atoms with E-state index in [9.17, 15) is 24.4 Å². The first-order valence-electron chi connectivity index (χ1n) is 17.7. The first kappa shape index (κ1) is 39.0. The lowest BCUT2D eigenvalue weighted by Gasteiger charge is -2.15. The highest BCUT2D eigenvalue weighted by atomic mass is 32.2. The molecule has 1 atom stereocenters. The van der Waals surface area contributed by atoms with Crippen LogP contribution in [0.5, 0.6) is 0 Å². The molecule has 0 fully saturated rings. The fourth-order valence-electron chi connectivity index (χ4n) is 5.70. The molecule has 0 saturated carbocycles. The number of nitrogens with zero attached hydrogens (tertiary/aromatic N) is 1. The van der Waals surface area contributed by atoms with Gasteiger partial charge < -0.3 is 21.3 Å². The third-order valence-corrected chi connectivity index (χ3v) is 11.2. The Hall–Kier alpha value is -6.74. The average molecular weight is 776 g/mol. The molecule has 0 bridgehead atoms. The normalized spacial score (nSPS) is 11.5. The molecule has 1 unspecified atom stereocenters. The van der Waals surface area contributed by atoms with E-state index in [0.717, 1.165) is 22.5 Å². The fourth-order valence-corrected chi connectivity index (χ4v) is 7.77. The maximum atomic E-state index is 13.8. The number of benzene rings is 5. The van der Waals surface area contributed by atoms with Crippen molar-refractivity contribution in [3.63, 3.8) is 0 Å². The predicted octanol–water partition coefficient (Wildman–Crippen LogP) is 9.77. The Kier molecular flexibility index (Phi) is 12.9. The molecule has 4 amide bonds. The minimum Gasteiger partial charge on any atom is -0.321 e. The maximum absolute atomic E-state index is 13.8. The van der Waals surface area contributed by atoms with E-state index in [1.165, 1.54) is 11.8 Å². The molecule has 6 aromatic rings. The molecule has 278 valence electrons. The van der Waals surface area contributed by atoms with E-state index in [2.05, 4.69) is 27.3 Å². The molecule has 0 spiro atoms.